The predicted octanol–water partition coefficient (Wildman–Crippen LogP) is 5.19. The van der Waals surface area contributed by atoms with Crippen molar-refractivity contribution < 1.29 is 19.1 Å². The number of nitrogens with one attached hydrogen (secondary N) is 2. The second-order valence-corrected chi connectivity index (χ2v) is 12.0. The topological polar surface area (TPSA) is 87.7 Å². The van der Waals surface area contributed by atoms with E-state index >= 15 is 0 Å². The molecule has 0 spiro atoms. The summed E-state index contributed by atoms with van der Waals surface area (Å²) in [6.07, 6.45) is 5.42. The zero-order valence-electron chi connectivity index (χ0n) is 23.0. The van der Waals surface area contributed by atoms with Gasteiger partial charge in [0.15, 0.2) is 0 Å². The fourth-order valence-corrected chi connectivity index (χ4v) is 4.78. The Bertz CT molecular complexity index is 884. The predicted molar refractivity (Wildman–Crippen MR) is 147 cm³/mol. The van der Waals surface area contributed by atoms with Crippen molar-refractivity contribution in [3.05, 3.63) is 35.4 Å². The lowest BCUT2D eigenvalue weighted by molar-refractivity contribution is -0.148. The third-order valence-electron chi connectivity index (χ3n) is 6.29. The van der Waals surface area contributed by atoms with Crippen molar-refractivity contribution in [2.75, 3.05) is 5.75 Å². The third-order valence-corrected chi connectivity index (χ3v) is 6.66. The summed E-state index contributed by atoms with van der Waals surface area (Å²) in [5.41, 5.74) is 0.463. The Morgan fingerprint density at radius 3 is 2.08 bits per heavy atom. The van der Waals surface area contributed by atoms with Crippen molar-refractivity contribution >= 4 is 30.5 Å². The molecular formula is C28H45N3O4S. The molecule has 1 fully saturated rings. The minimum Gasteiger partial charge on any atom is -0.444 e. The van der Waals surface area contributed by atoms with Crippen LogP contribution >= 0.6 is 12.6 Å². The molecule has 2 unspecified atom stereocenters. The number of benzene rings is 1. The van der Waals surface area contributed by atoms with E-state index in [1.54, 1.807) is 25.7 Å². The van der Waals surface area contributed by atoms with Gasteiger partial charge in [-0.1, -0.05) is 50.5 Å². The minimum atomic E-state index is -0.956. The summed E-state index contributed by atoms with van der Waals surface area (Å²) >= 11 is 4.35. The van der Waals surface area contributed by atoms with Gasteiger partial charge in [0.1, 0.15) is 17.7 Å². The smallest absolute Gasteiger partial charge is 0.408 e. The number of thiol groups is 1. The molecule has 0 radical (unpaired) electrons. The van der Waals surface area contributed by atoms with E-state index in [0.29, 0.717) is 0 Å². The van der Waals surface area contributed by atoms with Gasteiger partial charge in [-0.25, -0.2) is 4.79 Å². The second kappa shape index (κ2) is 12.8. The van der Waals surface area contributed by atoms with Crippen molar-refractivity contribution in [1.29, 1.82) is 0 Å². The zero-order valence-corrected chi connectivity index (χ0v) is 23.9. The van der Waals surface area contributed by atoms with Crippen LogP contribution in [0.5, 0.6) is 0 Å². The first-order valence-electron chi connectivity index (χ1n) is 13.1. The van der Waals surface area contributed by atoms with Crippen molar-refractivity contribution in [1.82, 2.24) is 15.5 Å². The van der Waals surface area contributed by atoms with E-state index in [4.69, 9.17) is 4.74 Å². The number of carbonyl (C=O) groups excluding carboxylic acids is 3. The number of hydrogen-bond donors (Lipinski definition) is 3. The number of hydrogen-bond acceptors (Lipinski definition) is 5. The van der Waals surface area contributed by atoms with Gasteiger partial charge in [-0.3, -0.25) is 9.59 Å². The Hall–Kier alpha value is -2.22. The summed E-state index contributed by atoms with van der Waals surface area (Å²) in [5.74, 6) is -0.521. The highest BCUT2D eigenvalue weighted by Gasteiger charge is 2.42. The maximum Gasteiger partial charge on any atom is 0.408 e. The molecule has 7 nitrogen and oxygen atoms in total. The van der Waals surface area contributed by atoms with Gasteiger partial charge in [0.05, 0.1) is 0 Å². The summed E-state index contributed by atoms with van der Waals surface area (Å²) in [5, 5.41) is 5.88. The van der Waals surface area contributed by atoms with Crippen molar-refractivity contribution in [3.8, 4) is 0 Å². The molecule has 1 aromatic rings. The van der Waals surface area contributed by atoms with Crippen LogP contribution in [0.1, 0.15) is 97.7 Å². The summed E-state index contributed by atoms with van der Waals surface area (Å²) in [7, 11) is 0. The van der Waals surface area contributed by atoms with E-state index in [2.05, 4.69) is 30.2 Å². The monoisotopic (exact) mass is 519 g/mol. The van der Waals surface area contributed by atoms with E-state index in [1.807, 2.05) is 45.0 Å². The number of aryl methyl sites for hydroxylation is 1. The van der Waals surface area contributed by atoms with Crippen molar-refractivity contribution in [2.24, 2.45) is 0 Å². The maximum atomic E-state index is 14.0. The summed E-state index contributed by atoms with van der Waals surface area (Å²) in [4.78, 5) is 41.9. The Morgan fingerprint density at radius 2 is 1.61 bits per heavy atom. The van der Waals surface area contributed by atoms with E-state index in [1.165, 1.54) is 6.42 Å². The van der Waals surface area contributed by atoms with Gasteiger partial charge in [0.25, 0.3) is 0 Å². The molecule has 202 valence electrons. The Kier molecular flexibility index (Phi) is 10.7. The molecule has 1 saturated carbocycles. The van der Waals surface area contributed by atoms with E-state index in [0.717, 1.165) is 43.2 Å². The molecule has 1 aliphatic carbocycles. The normalized spacial score (nSPS) is 16.6. The average molecular weight is 520 g/mol. The molecule has 2 rings (SSSR count). The molecule has 0 bridgehead atoms. The first-order valence-corrected chi connectivity index (χ1v) is 13.7. The van der Waals surface area contributed by atoms with E-state index in [9.17, 15) is 14.4 Å². The molecule has 2 atom stereocenters. The molecule has 0 aromatic heterocycles. The van der Waals surface area contributed by atoms with Crippen LogP contribution in [0.4, 0.5) is 4.79 Å². The van der Waals surface area contributed by atoms with Crippen LogP contribution in [-0.4, -0.2) is 51.8 Å². The average Bonchev–Trinajstić information content (AvgIpc) is 2.79. The lowest BCUT2D eigenvalue weighted by Gasteiger charge is -2.43. The van der Waals surface area contributed by atoms with Crippen LogP contribution in [-0.2, 0) is 20.7 Å². The van der Waals surface area contributed by atoms with Gasteiger partial charge >= 0.3 is 6.09 Å². The minimum absolute atomic E-state index is 0.0659. The van der Waals surface area contributed by atoms with Crippen LogP contribution in [0.15, 0.2) is 24.3 Å². The maximum absolute atomic E-state index is 14.0. The standard InChI is InChI=1S/C28H45N3O4S/c1-8-19-14-16-20(17-15-19)23(24(32)29-21-12-10-9-11-13-21)31(27(2,3)4)25(33)22(18-36)30-26(34)35-28(5,6)7/h14-17,21-23,36H,8-13,18H2,1-7H3,(H,29,32)(H,30,34). The van der Waals surface area contributed by atoms with Gasteiger partial charge in [0.2, 0.25) is 11.8 Å². The first kappa shape index (κ1) is 30.0. The Labute approximate surface area is 222 Å². The second-order valence-electron chi connectivity index (χ2n) is 11.6. The molecule has 1 aromatic carbocycles. The number of amides is 3. The van der Waals surface area contributed by atoms with E-state index in [-0.39, 0.29) is 23.6 Å². The van der Waals surface area contributed by atoms with Crippen molar-refractivity contribution in [2.45, 2.75) is 116 Å². The van der Waals surface area contributed by atoms with Gasteiger partial charge in [-0.2, -0.15) is 12.6 Å². The molecule has 3 amide bonds. The lowest BCUT2D eigenvalue weighted by Crippen LogP contribution is -2.59. The number of alkyl carbamates (subject to hydrolysis) is 1. The highest BCUT2D eigenvalue weighted by atomic mass is 32.1. The van der Waals surface area contributed by atoms with Gasteiger partial charge in [0, 0.05) is 17.3 Å². The molecule has 0 heterocycles. The van der Waals surface area contributed by atoms with Crippen LogP contribution < -0.4 is 10.6 Å². The molecule has 0 aliphatic heterocycles. The first-order chi connectivity index (χ1) is 16.8. The van der Waals surface area contributed by atoms with Crippen LogP contribution in [0.3, 0.4) is 0 Å². The SMILES string of the molecule is CCc1ccc(C(C(=O)NC2CCCCC2)N(C(=O)C(CS)NC(=O)OC(C)(C)C)C(C)(C)C)cc1. The highest BCUT2D eigenvalue weighted by molar-refractivity contribution is 7.80. The number of rotatable bonds is 8. The Balaban J connectivity index is 2.45. The van der Waals surface area contributed by atoms with Crippen LogP contribution in [0.2, 0.25) is 0 Å². The fourth-order valence-electron chi connectivity index (χ4n) is 4.53. The summed E-state index contributed by atoms with van der Waals surface area (Å²) < 4.78 is 5.37. The summed E-state index contributed by atoms with van der Waals surface area (Å²) in [6.45, 7) is 13.1. The van der Waals surface area contributed by atoms with Crippen molar-refractivity contribution in [3.63, 3.8) is 0 Å². The molecule has 1 aliphatic rings. The lowest BCUT2D eigenvalue weighted by atomic mass is 9.92. The van der Waals surface area contributed by atoms with Gasteiger partial charge in [-0.05, 0) is 71.9 Å². The molecule has 0 saturated heterocycles. The number of ether oxygens (including phenoxy) is 1. The molecule has 8 heteroatoms. The van der Waals surface area contributed by atoms with Crippen LogP contribution in [0, 0.1) is 0 Å². The van der Waals surface area contributed by atoms with Gasteiger partial charge < -0.3 is 20.3 Å². The van der Waals surface area contributed by atoms with Crippen LogP contribution in [0.25, 0.3) is 0 Å². The summed E-state index contributed by atoms with van der Waals surface area (Å²) in [6, 6.07) is 6.13. The fraction of sp³-hybridized carbons (Fsp3) is 0.679. The molecule has 2 N–H and O–H groups in total. The van der Waals surface area contributed by atoms with E-state index < -0.39 is 29.3 Å². The Morgan fingerprint density at radius 1 is 1.03 bits per heavy atom. The number of nitrogens with zero attached hydrogens (tertiary/aromatic N) is 1. The molecule has 36 heavy (non-hydrogen) atoms. The van der Waals surface area contributed by atoms with Gasteiger partial charge in [-0.15, -0.1) is 0 Å². The third kappa shape index (κ3) is 8.71. The quantitative estimate of drug-likeness (QED) is 0.413. The zero-order chi connectivity index (χ0) is 27.1. The number of carbonyl (C=O) groups is 3. The largest absolute Gasteiger partial charge is 0.444 e. The highest BCUT2D eigenvalue weighted by Crippen LogP contribution is 2.31. The molecular weight excluding hydrogens is 474 g/mol.